The number of hydrogen-bond acceptors (Lipinski definition) is 3. The van der Waals surface area contributed by atoms with E-state index in [2.05, 4.69) is 15.3 Å². The van der Waals surface area contributed by atoms with E-state index in [1.165, 1.54) is 0 Å². The van der Waals surface area contributed by atoms with Crippen LogP contribution in [0, 0.1) is 6.92 Å². The number of halogens is 3. The SMILES string of the molecule is Cc1cc(C(F)(F)F)c2nc(CCN3CCNCC3=O)[nH]c2c1. The average Bonchev–Trinajstić information content (AvgIpc) is 2.87. The van der Waals surface area contributed by atoms with Gasteiger partial charge in [-0.3, -0.25) is 4.79 Å². The summed E-state index contributed by atoms with van der Waals surface area (Å²) < 4.78 is 39.4. The van der Waals surface area contributed by atoms with Crippen molar-refractivity contribution in [3.63, 3.8) is 0 Å². The number of H-pyrrole nitrogens is 1. The van der Waals surface area contributed by atoms with Crippen LogP contribution in [0.1, 0.15) is 17.0 Å². The monoisotopic (exact) mass is 326 g/mol. The number of alkyl halides is 3. The Morgan fingerprint density at radius 3 is 2.83 bits per heavy atom. The minimum atomic E-state index is -4.44. The van der Waals surface area contributed by atoms with Crippen molar-refractivity contribution in [3.05, 3.63) is 29.1 Å². The van der Waals surface area contributed by atoms with Crippen molar-refractivity contribution in [2.24, 2.45) is 0 Å². The summed E-state index contributed by atoms with van der Waals surface area (Å²) in [7, 11) is 0. The summed E-state index contributed by atoms with van der Waals surface area (Å²) in [5, 5.41) is 2.97. The fourth-order valence-electron chi connectivity index (χ4n) is 2.77. The Morgan fingerprint density at radius 2 is 2.13 bits per heavy atom. The van der Waals surface area contributed by atoms with Gasteiger partial charge in [0, 0.05) is 26.1 Å². The fraction of sp³-hybridized carbons (Fsp3) is 0.467. The van der Waals surface area contributed by atoms with Crippen LogP contribution in [0.5, 0.6) is 0 Å². The van der Waals surface area contributed by atoms with Gasteiger partial charge < -0.3 is 15.2 Å². The first-order valence-electron chi connectivity index (χ1n) is 7.39. The molecular weight excluding hydrogens is 309 g/mol. The molecule has 3 rings (SSSR count). The molecule has 1 aromatic carbocycles. The van der Waals surface area contributed by atoms with E-state index in [0.29, 0.717) is 43.0 Å². The third-order valence-electron chi connectivity index (χ3n) is 3.89. The van der Waals surface area contributed by atoms with Gasteiger partial charge in [0.05, 0.1) is 17.6 Å². The number of carbonyl (C=O) groups is 1. The fourth-order valence-corrected chi connectivity index (χ4v) is 2.77. The van der Waals surface area contributed by atoms with Gasteiger partial charge in [0.15, 0.2) is 0 Å². The zero-order valence-electron chi connectivity index (χ0n) is 12.6. The lowest BCUT2D eigenvalue weighted by Crippen LogP contribution is -2.48. The van der Waals surface area contributed by atoms with Crippen molar-refractivity contribution in [1.29, 1.82) is 0 Å². The molecule has 2 heterocycles. The zero-order valence-corrected chi connectivity index (χ0v) is 12.6. The highest BCUT2D eigenvalue weighted by atomic mass is 19.4. The standard InChI is InChI=1S/C15H17F3N4O/c1-9-6-10(15(16,17)18)14-11(7-9)20-12(21-14)2-4-22-5-3-19-8-13(22)23/h6-7,19H,2-5,8H2,1H3,(H,20,21). The number of nitrogens with zero attached hydrogens (tertiary/aromatic N) is 2. The number of nitrogens with one attached hydrogen (secondary N) is 2. The Balaban J connectivity index is 1.84. The second-order valence-electron chi connectivity index (χ2n) is 5.70. The number of aromatic amines is 1. The third-order valence-corrected chi connectivity index (χ3v) is 3.89. The molecule has 0 radical (unpaired) electrons. The minimum Gasteiger partial charge on any atom is -0.342 e. The molecule has 8 heteroatoms. The number of carbonyl (C=O) groups excluding carboxylic acids is 1. The summed E-state index contributed by atoms with van der Waals surface area (Å²) in [4.78, 5) is 20.4. The molecule has 0 unspecified atom stereocenters. The van der Waals surface area contributed by atoms with Crippen molar-refractivity contribution < 1.29 is 18.0 Å². The summed E-state index contributed by atoms with van der Waals surface area (Å²) in [6.07, 6.45) is -4.04. The van der Waals surface area contributed by atoms with E-state index >= 15 is 0 Å². The van der Waals surface area contributed by atoms with Gasteiger partial charge in [0.1, 0.15) is 11.3 Å². The summed E-state index contributed by atoms with van der Waals surface area (Å²) in [5.41, 5.74) is 0.106. The van der Waals surface area contributed by atoms with E-state index < -0.39 is 11.7 Å². The Bertz CT molecular complexity index is 738. The molecule has 23 heavy (non-hydrogen) atoms. The van der Waals surface area contributed by atoms with Crippen LogP contribution in [0.15, 0.2) is 12.1 Å². The number of imidazole rings is 1. The van der Waals surface area contributed by atoms with E-state index in [-0.39, 0.29) is 11.4 Å². The largest absolute Gasteiger partial charge is 0.418 e. The van der Waals surface area contributed by atoms with Crippen LogP contribution in [0.25, 0.3) is 11.0 Å². The lowest BCUT2D eigenvalue weighted by Gasteiger charge is -2.26. The van der Waals surface area contributed by atoms with Gasteiger partial charge in [0.25, 0.3) is 0 Å². The van der Waals surface area contributed by atoms with E-state index in [0.717, 1.165) is 12.6 Å². The molecule has 124 valence electrons. The summed E-state index contributed by atoms with van der Waals surface area (Å²) in [6, 6.07) is 2.75. The molecule has 1 fully saturated rings. The highest BCUT2D eigenvalue weighted by molar-refractivity contribution is 5.80. The van der Waals surface area contributed by atoms with Gasteiger partial charge >= 0.3 is 6.18 Å². The molecule has 0 aliphatic carbocycles. The molecule has 0 saturated carbocycles. The van der Waals surface area contributed by atoms with Gasteiger partial charge in [-0.15, -0.1) is 0 Å². The molecule has 1 saturated heterocycles. The van der Waals surface area contributed by atoms with Crippen molar-refractivity contribution in [3.8, 4) is 0 Å². The molecule has 0 bridgehead atoms. The smallest absolute Gasteiger partial charge is 0.342 e. The number of aromatic nitrogens is 2. The van der Waals surface area contributed by atoms with Gasteiger partial charge in [-0.05, 0) is 24.6 Å². The maximum atomic E-state index is 13.1. The molecule has 1 aromatic heterocycles. The quantitative estimate of drug-likeness (QED) is 0.905. The first kappa shape index (κ1) is 15.8. The second kappa shape index (κ2) is 5.84. The van der Waals surface area contributed by atoms with Gasteiger partial charge in [-0.25, -0.2) is 4.98 Å². The lowest BCUT2D eigenvalue weighted by molar-refractivity contribution is -0.136. The molecule has 2 aromatic rings. The van der Waals surface area contributed by atoms with Gasteiger partial charge in [-0.2, -0.15) is 13.2 Å². The Morgan fingerprint density at radius 1 is 1.35 bits per heavy atom. The van der Waals surface area contributed by atoms with E-state index in [9.17, 15) is 18.0 Å². The molecule has 5 nitrogen and oxygen atoms in total. The van der Waals surface area contributed by atoms with E-state index in [1.54, 1.807) is 17.9 Å². The van der Waals surface area contributed by atoms with Crippen LogP contribution in [-0.4, -0.2) is 47.0 Å². The van der Waals surface area contributed by atoms with E-state index in [1.807, 2.05) is 0 Å². The molecule has 1 aliphatic heterocycles. The number of piperazine rings is 1. The Hall–Kier alpha value is -2.09. The van der Waals surface area contributed by atoms with Crippen LogP contribution in [0.3, 0.4) is 0 Å². The molecule has 2 N–H and O–H groups in total. The maximum absolute atomic E-state index is 13.1. The van der Waals surface area contributed by atoms with Crippen molar-refractivity contribution in [2.75, 3.05) is 26.2 Å². The highest BCUT2D eigenvalue weighted by Gasteiger charge is 2.34. The first-order chi connectivity index (χ1) is 10.8. The van der Waals surface area contributed by atoms with Crippen LogP contribution in [0.2, 0.25) is 0 Å². The summed E-state index contributed by atoms with van der Waals surface area (Å²) >= 11 is 0. The number of rotatable bonds is 3. The predicted octanol–water partition coefficient (Wildman–Crippen LogP) is 1.86. The van der Waals surface area contributed by atoms with E-state index in [4.69, 9.17) is 0 Å². The van der Waals surface area contributed by atoms with Gasteiger partial charge in [0.2, 0.25) is 5.91 Å². The topological polar surface area (TPSA) is 61.0 Å². The van der Waals surface area contributed by atoms with Crippen molar-refractivity contribution in [1.82, 2.24) is 20.2 Å². The first-order valence-corrected chi connectivity index (χ1v) is 7.39. The Labute approximate surface area is 130 Å². The molecular formula is C15H17F3N4O. The third kappa shape index (κ3) is 3.31. The van der Waals surface area contributed by atoms with Crippen molar-refractivity contribution in [2.45, 2.75) is 19.5 Å². The number of hydrogen-bond donors (Lipinski definition) is 2. The number of fused-ring (bicyclic) bond motifs is 1. The van der Waals surface area contributed by atoms with Crippen LogP contribution in [-0.2, 0) is 17.4 Å². The van der Waals surface area contributed by atoms with Crippen LogP contribution in [0.4, 0.5) is 13.2 Å². The van der Waals surface area contributed by atoms with Crippen molar-refractivity contribution >= 4 is 16.9 Å². The normalized spacial score (nSPS) is 16.3. The molecule has 0 atom stereocenters. The lowest BCUT2D eigenvalue weighted by atomic mass is 10.1. The Kier molecular flexibility index (Phi) is 4.01. The molecule has 0 spiro atoms. The van der Waals surface area contributed by atoms with Crippen LogP contribution < -0.4 is 5.32 Å². The minimum absolute atomic E-state index is 0.000754. The predicted molar refractivity (Wildman–Crippen MR) is 79.0 cm³/mol. The van der Waals surface area contributed by atoms with Gasteiger partial charge in [-0.1, -0.05) is 0 Å². The number of benzene rings is 1. The summed E-state index contributed by atoms with van der Waals surface area (Å²) in [6.45, 7) is 3.70. The molecule has 1 amide bonds. The molecule has 1 aliphatic rings. The number of amides is 1. The highest BCUT2D eigenvalue weighted by Crippen LogP contribution is 2.34. The summed E-state index contributed by atoms with van der Waals surface area (Å²) in [5.74, 6) is 0.460. The second-order valence-corrected chi connectivity index (χ2v) is 5.70. The zero-order chi connectivity index (χ0) is 16.6. The number of aryl methyl sites for hydroxylation is 1. The maximum Gasteiger partial charge on any atom is 0.418 e. The van der Waals surface area contributed by atoms with Crippen LogP contribution >= 0.6 is 0 Å². The average molecular weight is 326 g/mol.